The third-order valence-electron chi connectivity index (χ3n) is 3.62. The number of aromatic nitrogens is 1. The molecule has 0 saturated carbocycles. The monoisotopic (exact) mass is 368 g/mol. The summed E-state index contributed by atoms with van der Waals surface area (Å²) in [6.07, 6.45) is 1.63. The van der Waals surface area contributed by atoms with E-state index >= 15 is 0 Å². The Labute approximate surface area is 145 Å². The van der Waals surface area contributed by atoms with Crippen molar-refractivity contribution in [2.75, 3.05) is 49.4 Å². The maximum absolute atomic E-state index is 12.1. The summed E-state index contributed by atoms with van der Waals surface area (Å²) in [5.41, 5.74) is 0.863. The van der Waals surface area contributed by atoms with Crippen molar-refractivity contribution in [3.63, 3.8) is 0 Å². The van der Waals surface area contributed by atoms with Gasteiger partial charge in [-0.15, -0.1) is 11.3 Å². The average Bonchev–Trinajstić information content (AvgIpc) is 3.13. The molecule has 2 N–H and O–H groups in total. The van der Waals surface area contributed by atoms with Crippen LogP contribution in [0.25, 0.3) is 0 Å². The van der Waals surface area contributed by atoms with E-state index in [0.717, 1.165) is 45.1 Å². The van der Waals surface area contributed by atoms with E-state index in [1.54, 1.807) is 29.8 Å². The minimum atomic E-state index is -3.55. The fraction of sp³-hybridized carbons (Fsp3) is 0.400. The molecule has 2 aromatic rings. The van der Waals surface area contributed by atoms with Gasteiger partial charge in [0.15, 0.2) is 0 Å². The molecule has 0 bridgehead atoms. The van der Waals surface area contributed by atoms with Crippen LogP contribution >= 0.6 is 11.3 Å². The van der Waals surface area contributed by atoms with Gasteiger partial charge in [0.05, 0.1) is 25.1 Å². The third-order valence-corrected chi connectivity index (χ3v) is 6.38. The number of hydrogen-bond donors (Lipinski definition) is 2. The second-order valence-corrected chi connectivity index (χ2v) is 8.21. The SMILES string of the molecule is O=S(=O)(Nc1ccc(NCCN2CCOCC2)cn1)c1cccs1. The minimum Gasteiger partial charge on any atom is -0.383 e. The van der Waals surface area contributed by atoms with Crippen LogP contribution in [0.15, 0.2) is 40.1 Å². The standard InChI is InChI=1S/C15H20N4O3S2/c20-24(21,15-2-1-11-23-15)18-14-4-3-13(12-17-14)16-5-6-19-7-9-22-10-8-19/h1-4,11-12,16H,5-10H2,(H,17,18). The molecule has 3 rings (SSSR count). The smallest absolute Gasteiger partial charge is 0.272 e. The molecule has 24 heavy (non-hydrogen) atoms. The first-order chi connectivity index (χ1) is 11.6. The molecule has 0 atom stereocenters. The number of rotatable bonds is 7. The van der Waals surface area contributed by atoms with Gasteiger partial charge in [-0.05, 0) is 23.6 Å². The number of hydrogen-bond acceptors (Lipinski definition) is 7. The Morgan fingerprint density at radius 1 is 1.25 bits per heavy atom. The zero-order chi connectivity index (χ0) is 16.8. The largest absolute Gasteiger partial charge is 0.383 e. The van der Waals surface area contributed by atoms with Gasteiger partial charge in [0.25, 0.3) is 10.0 Å². The van der Waals surface area contributed by atoms with E-state index in [0.29, 0.717) is 5.82 Å². The van der Waals surface area contributed by atoms with Crippen LogP contribution in [0.1, 0.15) is 0 Å². The number of sulfonamides is 1. The predicted molar refractivity (Wildman–Crippen MR) is 95.1 cm³/mol. The molecule has 2 aromatic heterocycles. The first-order valence-corrected chi connectivity index (χ1v) is 10.1. The van der Waals surface area contributed by atoms with Crippen LogP contribution in [0, 0.1) is 0 Å². The highest BCUT2D eigenvalue weighted by Gasteiger charge is 2.15. The Morgan fingerprint density at radius 3 is 2.75 bits per heavy atom. The molecule has 0 spiro atoms. The topological polar surface area (TPSA) is 83.6 Å². The summed E-state index contributed by atoms with van der Waals surface area (Å²) < 4.78 is 32.3. The van der Waals surface area contributed by atoms with Crippen LogP contribution in [0.3, 0.4) is 0 Å². The maximum Gasteiger partial charge on any atom is 0.272 e. The molecule has 1 fully saturated rings. The summed E-state index contributed by atoms with van der Waals surface area (Å²) in [4.78, 5) is 6.50. The van der Waals surface area contributed by atoms with Gasteiger partial charge >= 0.3 is 0 Å². The fourth-order valence-corrected chi connectivity index (χ4v) is 4.35. The quantitative estimate of drug-likeness (QED) is 0.774. The lowest BCUT2D eigenvalue weighted by Crippen LogP contribution is -2.39. The second-order valence-electron chi connectivity index (χ2n) is 5.35. The van der Waals surface area contributed by atoms with E-state index in [-0.39, 0.29) is 4.21 Å². The van der Waals surface area contributed by atoms with Crippen molar-refractivity contribution in [1.82, 2.24) is 9.88 Å². The third kappa shape index (κ3) is 4.67. The van der Waals surface area contributed by atoms with Crippen molar-refractivity contribution in [2.24, 2.45) is 0 Å². The fourth-order valence-electron chi connectivity index (χ4n) is 2.35. The number of thiophene rings is 1. The molecule has 7 nitrogen and oxygen atoms in total. The number of nitrogens with one attached hydrogen (secondary N) is 2. The summed E-state index contributed by atoms with van der Waals surface area (Å²) >= 11 is 1.17. The van der Waals surface area contributed by atoms with Crippen LogP contribution in [-0.4, -0.2) is 57.7 Å². The van der Waals surface area contributed by atoms with Gasteiger partial charge in [0, 0.05) is 26.2 Å². The number of nitrogens with zero attached hydrogens (tertiary/aromatic N) is 2. The molecular formula is C15H20N4O3S2. The maximum atomic E-state index is 12.1. The summed E-state index contributed by atoms with van der Waals surface area (Å²) in [7, 11) is -3.55. The Morgan fingerprint density at radius 2 is 2.08 bits per heavy atom. The van der Waals surface area contributed by atoms with E-state index in [2.05, 4.69) is 19.9 Å². The van der Waals surface area contributed by atoms with Crippen molar-refractivity contribution in [2.45, 2.75) is 4.21 Å². The molecule has 130 valence electrons. The number of ether oxygens (including phenoxy) is 1. The zero-order valence-corrected chi connectivity index (χ0v) is 14.8. The van der Waals surface area contributed by atoms with Crippen molar-refractivity contribution < 1.29 is 13.2 Å². The predicted octanol–water partition coefficient (Wildman–Crippen LogP) is 1.69. The zero-order valence-electron chi connectivity index (χ0n) is 13.1. The van der Waals surface area contributed by atoms with Crippen LogP contribution in [0.2, 0.25) is 0 Å². The number of pyridine rings is 1. The summed E-state index contributed by atoms with van der Waals surface area (Å²) in [5, 5.41) is 5.02. The lowest BCUT2D eigenvalue weighted by molar-refractivity contribution is 0.0398. The van der Waals surface area contributed by atoms with E-state index in [9.17, 15) is 8.42 Å². The molecule has 1 aliphatic heterocycles. The lowest BCUT2D eigenvalue weighted by atomic mass is 10.3. The summed E-state index contributed by atoms with van der Waals surface area (Å²) in [6, 6.07) is 6.74. The molecule has 0 unspecified atom stereocenters. The molecular weight excluding hydrogens is 348 g/mol. The first-order valence-electron chi connectivity index (χ1n) is 7.70. The van der Waals surface area contributed by atoms with Crippen molar-refractivity contribution >= 4 is 32.9 Å². The van der Waals surface area contributed by atoms with Crippen LogP contribution in [0.4, 0.5) is 11.5 Å². The highest BCUT2D eigenvalue weighted by atomic mass is 32.2. The normalized spacial score (nSPS) is 16.0. The van der Waals surface area contributed by atoms with Crippen molar-refractivity contribution in [3.8, 4) is 0 Å². The second kappa shape index (κ2) is 7.93. The van der Waals surface area contributed by atoms with Crippen molar-refractivity contribution in [3.05, 3.63) is 35.8 Å². The molecule has 0 aromatic carbocycles. The number of morpholine rings is 1. The minimum absolute atomic E-state index is 0.275. The Bertz CT molecular complexity index is 727. The Hall–Kier alpha value is -1.68. The van der Waals surface area contributed by atoms with Gasteiger partial charge in [0.1, 0.15) is 10.0 Å². The van der Waals surface area contributed by atoms with Gasteiger partial charge in [-0.3, -0.25) is 9.62 Å². The van der Waals surface area contributed by atoms with Gasteiger partial charge in [-0.2, -0.15) is 0 Å². The lowest BCUT2D eigenvalue weighted by Gasteiger charge is -2.26. The van der Waals surface area contributed by atoms with Crippen LogP contribution in [-0.2, 0) is 14.8 Å². The molecule has 1 aliphatic rings. The van der Waals surface area contributed by atoms with E-state index < -0.39 is 10.0 Å². The molecule has 3 heterocycles. The molecule has 0 radical (unpaired) electrons. The van der Waals surface area contributed by atoms with Gasteiger partial charge < -0.3 is 10.1 Å². The van der Waals surface area contributed by atoms with Crippen LogP contribution < -0.4 is 10.0 Å². The van der Waals surface area contributed by atoms with E-state index in [1.165, 1.54) is 11.3 Å². The Kier molecular flexibility index (Phi) is 5.67. The summed E-state index contributed by atoms with van der Waals surface area (Å²) in [5.74, 6) is 0.308. The van der Waals surface area contributed by atoms with Gasteiger partial charge in [0.2, 0.25) is 0 Å². The first kappa shape index (κ1) is 17.2. The van der Waals surface area contributed by atoms with Gasteiger partial charge in [-0.25, -0.2) is 13.4 Å². The highest BCUT2D eigenvalue weighted by Crippen LogP contribution is 2.19. The average molecular weight is 368 g/mol. The highest BCUT2D eigenvalue weighted by molar-refractivity contribution is 7.94. The number of anilines is 2. The van der Waals surface area contributed by atoms with Gasteiger partial charge in [-0.1, -0.05) is 6.07 Å². The molecule has 1 saturated heterocycles. The Balaban J connectivity index is 1.50. The molecule has 0 aliphatic carbocycles. The summed E-state index contributed by atoms with van der Waals surface area (Å²) in [6.45, 7) is 5.26. The van der Waals surface area contributed by atoms with Crippen molar-refractivity contribution in [1.29, 1.82) is 0 Å². The molecule has 9 heteroatoms. The van der Waals surface area contributed by atoms with Crippen LogP contribution in [0.5, 0.6) is 0 Å². The molecule has 0 amide bonds. The van der Waals surface area contributed by atoms with E-state index in [1.807, 2.05) is 6.07 Å². The van der Waals surface area contributed by atoms with E-state index in [4.69, 9.17) is 4.74 Å².